The van der Waals surface area contributed by atoms with Crippen molar-refractivity contribution >= 4 is 34.3 Å². The number of nitrogens with one attached hydrogen (secondary N) is 1. The summed E-state index contributed by atoms with van der Waals surface area (Å²) in [5.74, 6) is 0.593. The molecule has 0 atom stereocenters. The molecule has 1 N–H and O–H groups in total. The fourth-order valence-electron chi connectivity index (χ4n) is 2.57. The molecule has 0 saturated carbocycles. The smallest absolute Gasteiger partial charge is 0.258 e. The highest BCUT2D eigenvalue weighted by atomic mass is 16.2. The lowest BCUT2D eigenvalue weighted by Gasteiger charge is -1.99. The average molecular weight is 276 g/mol. The zero-order valence-corrected chi connectivity index (χ0v) is 11.4. The molecule has 0 fully saturated rings. The number of hydrogen-bond donors (Lipinski definition) is 1. The molecule has 0 spiro atoms. The SMILES string of the molecule is Cn1c(C=C2C(=O)Nc3cccnc32)nc2ccccc21. The second-order valence-corrected chi connectivity index (χ2v) is 4.93. The molecule has 0 unspecified atom stereocenters. The van der Waals surface area contributed by atoms with Gasteiger partial charge in [-0.3, -0.25) is 9.78 Å². The molecule has 3 aromatic rings. The van der Waals surface area contributed by atoms with E-state index in [0.29, 0.717) is 11.3 Å². The van der Waals surface area contributed by atoms with Crippen LogP contribution in [0.1, 0.15) is 11.5 Å². The number of benzene rings is 1. The molecule has 1 aliphatic heterocycles. The molecule has 5 heteroatoms. The second kappa shape index (κ2) is 4.28. The van der Waals surface area contributed by atoms with E-state index in [9.17, 15) is 4.79 Å². The third-order valence-electron chi connectivity index (χ3n) is 3.65. The third kappa shape index (κ3) is 1.74. The van der Waals surface area contributed by atoms with Gasteiger partial charge in [-0.15, -0.1) is 0 Å². The van der Waals surface area contributed by atoms with Crippen molar-refractivity contribution < 1.29 is 4.79 Å². The number of carbonyl (C=O) groups is 1. The molecule has 102 valence electrons. The zero-order valence-electron chi connectivity index (χ0n) is 11.4. The molecule has 21 heavy (non-hydrogen) atoms. The quantitative estimate of drug-likeness (QED) is 0.694. The Kier molecular flexibility index (Phi) is 2.41. The summed E-state index contributed by atoms with van der Waals surface area (Å²) in [6.45, 7) is 0. The lowest BCUT2D eigenvalue weighted by atomic mass is 10.2. The minimum Gasteiger partial charge on any atom is -0.328 e. The number of rotatable bonds is 1. The zero-order chi connectivity index (χ0) is 14.4. The number of imidazole rings is 1. The monoisotopic (exact) mass is 276 g/mol. The molecule has 3 heterocycles. The lowest BCUT2D eigenvalue weighted by Crippen LogP contribution is -2.04. The Morgan fingerprint density at radius 1 is 1.19 bits per heavy atom. The van der Waals surface area contributed by atoms with Crippen LogP contribution in [0.4, 0.5) is 5.69 Å². The van der Waals surface area contributed by atoms with E-state index >= 15 is 0 Å². The molecule has 0 saturated heterocycles. The normalized spacial score (nSPS) is 15.5. The number of carbonyl (C=O) groups excluding carboxylic acids is 1. The van der Waals surface area contributed by atoms with Gasteiger partial charge in [-0.25, -0.2) is 4.98 Å². The Morgan fingerprint density at radius 3 is 2.90 bits per heavy atom. The second-order valence-electron chi connectivity index (χ2n) is 4.93. The van der Waals surface area contributed by atoms with Crippen molar-refractivity contribution in [2.75, 3.05) is 5.32 Å². The molecular weight excluding hydrogens is 264 g/mol. The van der Waals surface area contributed by atoms with Gasteiger partial charge in [0.1, 0.15) is 5.82 Å². The highest BCUT2D eigenvalue weighted by molar-refractivity contribution is 6.34. The minimum atomic E-state index is -0.143. The first-order valence-corrected chi connectivity index (χ1v) is 6.64. The highest BCUT2D eigenvalue weighted by Crippen LogP contribution is 2.31. The third-order valence-corrected chi connectivity index (χ3v) is 3.65. The summed E-state index contributed by atoms with van der Waals surface area (Å²) in [4.78, 5) is 20.9. The summed E-state index contributed by atoms with van der Waals surface area (Å²) >= 11 is 0. The first-order chi connectivity index (χ1) is 10.2. The lowest BCUT2D eigenvalue weighted by molar-refractivity contribution is -0.110. The van der Waals surface area contributed by atoms with Gasteiger partial charge in [0.05, 0.1) is 28.0 Å². The Hall–Kier alpha value is -2.95. The Bertz CT molecular complexity index is 908. The van der Waals surface area contributed by atoms with Gasteiger partial charge in [0.15, 0.2) is 0 Å². The van der Waals surface area contributed by atoms with E-state index in [0.717, 1.165) is 22.5 Å². The van der Waals surface area contributed by atoms with E-state index in [2.05, 4.69) is 15.3 Å². The molecule has 1 aromatic carbocycles. The summed E-state index contributed by atoms with van der Waals surface area (Å²) in [5, 5.41) is 2.81. The molecule has 4 rings (SSSR count). The van der Waals surface area contributed by atoms with Crippen LogP contribution in [0.5, 0.6) is 0 Å². The number of fused-ring (bicyclic) bond motifs is 2. The first-order valence-electron chi connectivity index (χ1n) is 6.64. The van der Waals surface area contributed by atoms with Crippen LogP contribution in [0.3, 0.4) is 0 Å². The standard InChI is InChI=1S/C16H12N4O/c1-20-13-7-3-2-5-11(13)18-14(20)9-10-15-12(19-16(10)21)6-4-8-17-15/h2-9H,1H3,(H,19,21). The predicted molar refractivity (Wildman–Crippen MR) is 81.5 cm³/mol. The van der Waals surface area contributed by atoms with Gasteiger partial charge < -0.3 is 9.88 Å². The largest absolute Gasteiger partial charge is 0.328 e. The van der Waals surface area contributed by atoms with Gasteiger partial charge in [-0.2, -0.15) is 0 Å². The average Bonchev–Trinajstić information content (AvgIpc) is 2.99. The minimum absolute atomic E-state index is 0.143. The van der Waals surface area contributed by atoms with Gasteiger partial charge in [-0.05, 0) is 30.3 Å². The topological polar surface area (TPSA) is 59.8 Å². The van der Waals surface area contributed by atoms with Crippen LogP contribution in [-0.2, 0) is 11.8 Å². The maximum absolute atomic E-state index is 12.1. The molecular formula is C16H12N4O. The molecule has 2 aromatic heterocycles. The van der Waals surface area contributed by atoms with Gasteiger partial charge in [0.2, 0.25) is 0 Å². The number of aromatic nitrogens is 3. The number of nitrogens with zero attached hydrogens (tertiary/aromatic N) is 3. The number of pyridine rings is 1. The molecule has 0 aliphatic carbocycles. The van der Waals surface area contributed by atoms with Crippen molar-refractivity contribution in [3.8, 4) is 0 Å². The number of aryl methyl sites for hydroxylation is 1. The fraction of sp³-hybridized carbons (Fsp3) is 0.0625. The van der Waals surface area contributed by atoms with E-state index in [1.54, 1.807) is 18.3 Å². The van der Waals surface area contributed by atoms with Crippen molar-refractivity contribution in [1.82, 2.24) is 14.5 Å². The Labute approximate surface area is 121 Å². The van der Waals surface area contributed by atoms with E-state index in [1.807, 2.05) is 41.9 Å². The van der Waals surface area contributed by atoms with Gasteiger partial charge in [-0.1, -0.05) is 12.1 Å². The summed E-state index contributed by atoms with van der Waals surface area (Å²) < 4.78 is 1.97. The van der Waals surface area contributed by atoms with Crippen LogP contribution >= 0.6 is 0 Å². The number of para-hydroxylation sites is 2. The number of hydrogen-bond acceptors (Lipinski definition) is 3. The summed E-state index contributed by atoms with van der Waals surface area (Å²) in [6, 6.07) is 11.5. The number of amides is 1. The molecule has 0 radical (unpaired) electrons. The summed E-state index contributed by atoms with van der Waals surface area (Å²) in [7, 11) is 1.94. The van der Waals surface area contributed by atoms with E-state index in [1.165, 1.54) is 0 Å². The van der Waals surface area contributed by atoms with Gasteiger partial charge >= 0.3 is 0 Å². The van der Waals surface area contributed by atoms with Crippen LogP contribution in [0.25, 0.3) is 22.7 Å². The van der Waals surface area contributed by atoms with E-state index in [-0.39, 0.29) is 5.91 Å². The van der Waals surface area contributed by atoms with Crippen LogP contribution < -0.4 is 5.32 Å². The van der Waals surface area contributed by atoms with Crippen LogP contribution in [0, 0.1) is 0 Å². The van der Waals surface area contributed by atoms with Crippen LogP contribution in [-0.4, -0.2) is 20.4 Å². The maximum atomic E-state index is 12.1. The van der Waals surface area contributed by atoms with E-state index in [4.69, 9.17) is 0 Å². The highest BCUT2D eigenvalue weighted by Gasteiger charge is 2.25. The molecule has 0 bridgehead atoms. The van der Waals surface area contributed by atoms with Crippen molar-refractivity contribution in [2.24, 2.45) is 7.05 Å². The van der Waals surface area contributed by atoms with Crippen molar-refractivity contribution in [1.29, 1.82) is 0 Å². The summed E-state index contributed by atoms with van der Waals surface area (Å²) in [5.41, 5.74) is 3.90. The maximum Gasteiger partial charge on any atom is 0.258 e. The summed E-state index contributed by atoms with van der Waals surface area (Å²) in [6.07, 6.45) is 3.47. The first kappa shape index (κ1) is 11.8. The molecule has 5 nitrogen and oxygen atoms in total. The fourth-order valence-corrected chi connectivity index (χ4v) is 2.57. The Balaban J connectivity index is 1.91. The predicted octanol–water partition coefficient (Wildman–Crippen LogP) is 2.46. The molecule has 1 amide bonds. The van der Waals surface area contributed by atoms with Gasteiger partial charge in [0.25, 0.3) is 5.91 Å². The van der Waals surface area contributed by atoms with Crippen LogP contribution in [0.15, 0.2) is 42.6 Å². The van der Waals surface area contributed by atoms with E-state index < -0.39 is 0 Å². The van der Waals surface area contributed by atoms with Crippen LogP contribution in [0.2, 0.25) is 0 Å². The Morgan fingerprint density at radius 2 is 2.05 bits per heavy atom. The van der Waals surface area contributed by atoms with Crippen molar-refractivity contribution in [3.05, 3.63) is 54.1 Å². The molecule has 1 aliphatic rings. The van der Waals surface area contributed by atoms with Crippen molar-refractivity contribution in [3.63, 3.8) is 0 Å². The number of anilines is 1. The van der Waals surface area contributed by atoms with Crippen molar-refractivity contribution in [2.45, 2.75) is 0 Å². The van der Waals surface area contributed by atoms with Gasteiger partial charge in [0, 0.05) is 13.2 Å².